The van der Waals surface area contributed by atoms with E-state index in [1.165, 1.54) is 18.2 Å². The van der Waals surface area contributed by atoms with Crippen molar-refractivity contribution in [3.63, 3.8) is 0 Å². The Balaban J connectivity index is 2.11. The van der Waals surface area contributed by atoms with Crippen LogP contribution in [0.2, 0.25) is 0 Å². The molecular formula is C15H14FN3O2. The van der Waals surface area contributed by atoms with Crippen LogP contribution in [0.3, 0.4) is 0 Å². The van der Waals surface area contributed by atoms with E-state index in [0.717, 1.165) is 5.56 Å². The maximum Gasteiger partial charge on any atom is 0.331 e. The molecule has 0 radical (unpaired) electrons. The lowest BCUT2D eigenvalue weighted by Gasteiger charge is -2.35. The second kappa shape index (κ2) is 5.12. The number of aromatic nitrogens is 2. The fraction of sp³-hybridized carbons (Fsp3) is 0.267. The van der Waals surface area contributed by atoms with E-state index in [2.05, 4.69) is 9.97 Å². The van der Waals surface area contributed by atoms with Gasteiger partial charge in [0.2, 0.25) is 0 Å². The van der Waals surface area contributed by atoms with Gasteiger partial charge in [0.15, 0.2) is 17.7 Å². The fourth-order valence-corrected chi connectivity index (χ4v) is 2.71. The Bertz CT molecular complexity index is 705. The maximum absolute atomic E-state index is 14.2. The molecule has 1 atom stereocenters. The summed E-state index contributed by atoms with van der Waals surface area (Å²) in [4.78, 5) is 20.9. The van der Waals surface area contributed by atoms with Crippen molar-refractivity contribution in [3.05, 3.63) is 53.2 Å². The summed E-state index contributed by atoms with van der Waals surface area (Å²) in [6.07, 6.45) is 1.91. The third-order valence-electron chi connectivity index (χ3n) is 3.73. The zero-order valence-electron chi connectivity index (χ0n) is 11.5. The summed E-state index contributed by atoms with van der Waals surface area (Å²) in [6.45, 7) is 1.94. The van der Waals surface area contributed by atoms with Gasteiger partial charge in [0.1, 0.15) is 6.33 Å². The molecule has 1 aliphatic heterocycles. The average Bonchev–Trinajstić information content (AvgIpc) is 2.48. The average molecular weight is 287 g/mol. The highest BCUT2D eigenvalue weighted by Gasteiger charge is 2.35. The van der Waals surface area contributed by atoms with Crippen LogP contribution in [0.4, 0.5) is 10.2 Å². The zero-order valence-corrected chi connectivity index (χ0v) is 11.5. The van der Waals surface area contributed by atoms with Crippen LogP contribution in [-0.2, 0) is 11.2 Å². The normalized spacial score (nSPS) is 17.4. The Hall–Kier alpha value is -2.50. The van der Waals surface area contributed by atoms with Gasteiger partial charge in [-0.25, -0.2) is 19.2 Å². The first-order valence-electron chi connectivity index (χ1n) is 6.64. The Morgan fingerprint density at radius 2 is 2.14 bits per heavy atom. The summed E-state index contributed by atoms with van der Waals surface area (Å²) in [6, 6.07) is 6.41. The smallest absolute Gasteiger partial charge is 0.331 e. The number of anilines is 1. The third-order valence-corrected chi connectivity index (χ3v) is 3.73. The van der Waals surface area contributed by atoms with E-state index in [0.29, 0.717) is 18.5 Å². The van der Waals surface area contributed by atoms with E-state index in [1.54, 1.807) is 12.1 Å². The number of aryl methyl sites for hydroxylation is 1. The number of aliphatic carboxylic acids is 1. The van der Waals surface area contributed by atoms with Crippen LogP contribution in [0.1, 0.15) is 22.9 Å². The molecule has 21 heavy (non-hydrogen) atoms. The summed E-state index contributed by atoms with van der Waals surface area (Å²) in [5.74, 6) is -1.54. The second-order valence-corrected chi connectivity index (χ2v) is 4.98. The molecule has 1 aromatic carbocycles. The molecule has 3 rings (SSSR count). The highest BCUT2D eigenvalue weighted by Crippen LogP contribution is 2.34. The van der Waals surface area contributed by atoms with Crippen LogP contribution in [0.15, 0.2) is 30.6 Å². The first kappa shape index (κ1) is 13.5. The summed E-state index contributed by atoms with van der Waals surface area (Å²) in [5.41, 5.74) is 1.88. The lowest BCUT2D eigenvalue weighted by atomic mass is 9.92. The zero-order chi connectivity index (χ0) is 15.0. The Morgan fingerprint density at radius 1 is 1.38 bits per heavy atom. The number of carbonyl (C=O) groups is 1. The minimum Gasteiger partial charge on any atom is -0.479 e. The van der Waals surface area contributed by atoms with Crippen molar-refractivity contribution in [2.75, 3.05) is 11.4 Å². The molecule has 1 N–H and O–H groups in total. The van der Waals surface area contributed by atoms with E-state index in [1.807, 2.05) is 12.1 Å². The van der Waals surface area contributed by atoms with Gasteiger partial charge in [0, 0.05) is 6.54 Å². The van der Waals surface area contributed by atoms with Gasteiger partial charge in [0.05, 0.1) is 5.69 Å². The highest BCUT2D eigenvalue weighted by molar-refractivity contribution is 5.81. The van der Waals surface area contributed by atoms with Crippen LogP contribution in [-0.4, -0.2) is 27.6 Å². The van der Waals surface area contributed by atoms with Crippen LogP contribution >= 0.6 is 0 Å². The molecule has 2 aromatic rings. The van der Waals surface area contributed by atoms with Gasteiger partial charge >= 0.3 is 5.97 Å². The minimum absolute atomic E-state index is 0.0457. The molecule has 1 aliphatic rings. The van der Waals surface area contributed by atoms with Crippen molar-refractivity contribution in [1.82, 2.24) is 9.97 Å². The summed E-state index contributed by atoms with van der Waals surface area (Å²) >= 11 is 0. The lowest BCUT2D eigenvalue weighted by molar-refractivity contribution is -0.138. The summed E-state index contributed by atoms with van der Waals surface area (Å²) in [5, 5.41) is 9.57. The quantitative estimate of drug-likeness (QED) is 0.916. The van der Waals surface area contributed by atoms with E-state index < -0.39 is 17.8 Å². The number of hydrogen-bond acceptors (Lipinski definition) is 4. The van der Waals surface area contributed by atoms with Crippen molar-refractivity contribution >= 4 is 11.8 Å². The first-order chi connectivity index (χ1) is 10.1. The van der Waals surface area contributed by atoms with E-state index in [9.17, 15) is 14.3 Å². The summed E-state index contributed by atoms with van der Waals surface area (Å²) < 4.78 is 14.2. The maximum atomic E-state index is 14.2. The molecule has 0 aliphatic carbocycles. The number of nitrogens with zero attached hydrogens (tertiary/aromatic N) is 3. The Labute approximate surface area is 121 Å². The molecule has 1 unspecified atom stereocenters. The predicted molar refractivity (Wildman–Crippen MR) is 74.6 cm³/mol. The standard InChI is InChI=1S/C15H14FN3O2/c1-9-12(16)14(18-8-17-9)19-7-6-10-4-2-3-5-11(10)13(19)15(20)21/h2-5,8,13H,6-7H2,1H3,(H,20,21). The van der Waals surface area contributed by atoms with E-state index in [-0.39, 0.29) is 11.5 Å². The van der Waals surface area contributed by atoms with Crippen molar-refractivity contribution in [3.8, 4) is 0 Å². The first-order valence-corrected chi connectivity index (χ1v) is 6.64. The van der Waals surface area contributed by atoms with Crippen LogP contribution < -0.4 is 4.90 Å². The molecular weight excluding hydrogens is 273 g/mol. The van der Waals surface area contributed by atoms with Gasteiger partial charge in [-0.15, -0.1) is 0 Å². The van der Waals surface area contributed by atoms with Crippen LogP contribution in [0, 0.1) is 12.7 Å². The predicted octanol–water partition coefficient (Wildman–Crippen LogP) is 2.11. The largest absolute Gasteiger partial charge is 0.479 e. The highest BCUT2D eigenvalue weighted by atomic mass is 19.1. The van der Waals surface area contributed by atoms with Gasteiger partial charge in [-0.05, 0) is 24.5 Å². The number of carboxylic acid groups (broad SMARTS) is 1. The van der Waals surface area contributed by atoms with Gasteiger partial charge in [-0.3, -0.25) is 0 Å². The van der Waals surface area contributed by atoms with Crippen molar-refractivity contribution < 1.29 is 14.3 Å². The number of benzene rings is 1. The number of hydrogen-bond donors (Lipinski definition) is 1. The van der Waals surface area contributed by atoms with Crippen molar-refractivity contribution in [2.45, 2.75) is 19.4 Å². The Kier molecular flexibility index (Phi) is 3.29. The van der Waals surface area contributed by atoms with Crippen molar-refractivity contribution in [2.24, 2.45) is 0 Å². The SMILES string of the molecule is Cc1ncnc(N2CCc3ccccc3C2C(=O)O)c1F. The minimum atomic E-state index is -1.02. The molecule has 5 nitrogen and oxygen atoms in total. The molecule has 2 heterocycles. The molecule has 6 heteroatoms. The summed E-state index contributed by atoms with van der Waals surface area (Å²) in [7, 11) is 0. The number of rotatable bonds is 2. The monoisotopic (exact) mass is 287 g/mol. The molecule has 0 saturated heterocycles. The molecule has 0 fully saturated rings. The van der Waals surface area contributed by atoms with Crippen LogP contribution in [0.5, 0.6) is 0 Å². The van der Waals surface area contributed by atoms with Crippen LogP contribution in [0.25, 0.3) is 0 Å². The molecule has 0 bridgehead atoms. The number of carboxylic acids is 1. The lowest BCUT2D eigenvalue weighted by Crippen LogP contribution is -2.41. The third kappa shape index (κ3) is 2.22. The van der Waals surface area contributed by atoms with Gasteiger partial charge in [-0.2, -0.15) is 0 Å². The van der Waals surface area contributed by atoms with Gasteiger partial charge in [-0.1, -0.05) is 24.3 Å². The molecule has 1 aromatic heterocycles. The van der Waals surface area contributed by atoms with E-state index in [4.69, 9.17) is 0 Å². The second-order valence-electron chi connectivity index (χ2n) is 4.98. The van der Waals surface area contributed by atoms with E-state index >= 15 is 0 Å². The molecule has 0 amide bonds. The topological polar surface area (TPSA) is 66.3 Å². The number of fused-ring (bicyclic) bond motifs is 1. The molecule has 108 valence electrons. The fourth-order valence-electron chi connectivity index (χ4n) is 2.71. The van der Waals surface area contributed by atoms with Gasteiger partial charge < -0.3 is 10.0 Å². The Morgan fingerprint density at radius 3 is 2.90 bits per heavy atom. The van der Waals surface area contributed by atoms with Gasteiger partial charge in [0.25, 0.3) is 0 Å². The number of halogens is 1. The van der Waals surface area contributed by atoms with Crippen molar-refractivity contribution in [1.29, 1.82) is 0 Å². The molecule has 0 spiro atoms. The molecule has 0 saturated carbocycles.